The second kappa shape index (κ2) is 7.51. The molecule has 6 heteroatoms. The lowest BCUT2D eigenvalue weighted by molar-refractivity contribution is 0.155. The summed E-state index contributed by atoms with van der Waals surface area (Å²) < 4.78 is 21.5. The Labute approximate surface area is 152 Å². The molecule has 1 fully saturated rings. The van der Waals surface area contributed by atoms with E-state index in [-0.39, 0.29) is 5.82 Å². The summed E-state index contributed by atoms with van der Waals surface area (Å²) in [6.07, 6.45) is 3.80. The molecule has 5 nitrogen and oxygen atoms in total. The van der Waals surface area contributed by atoms with Crippen LogP contribution in [0.3, 0.4) is 0 Å². The standard InChI is InChI=1S/C20H23FN4O/c1-26-14-19-23-18-7-4-10-22-20(18)25(19)16-8-11-24(12-9-16)13-15-5-2-3-6-17(15)21/h2-7,10,16H,8-9,11-14H2,1H3. The number of methoxy groups -OCH3 is 1. The first kappa shape index (κ1) is 17.1. The van der Waals surface area contributed by atoms with E-state index in [0.29, 0.717) is 19.2 Å². The molecule has 0 radical (unpaired) electrons. The van der Waals surface area contributed by atoms with Crippen LogP contribution in [0.5, 0.6) is 0 Å². The largest absolute Gasteiger partial charge is 0.377 e. The highest BCUT2D eigenvalue weighted by Gasteiger charge is 2.25. The summed E-state index contributed by atoms with van der Waals surface area (Å²) in [5.74, 6) is 0.801. The van der Waals surface area contributed by atoms with Crippen molar-refractivity contribution in [2.75, 3.05) is 20.2 Å². The first-order chi connectivity index (χ1) is 12.8. The second-order valence-corrected chi connectivity index (χ2v) is 6.78. The highest BCUT2D eigenvalue weighted by atomic mass is 19.1. The molecule has 0 aliphatic carbocycles. The average Bonchev–Trinajstić information content (AvgIpc) is 3.03. The van der Waals surface area contributed by atoms with Gasteiger partial charge in [-0.1, -0.05) is 18.2 Å². The van der Waals surface area contributed by atoms with Crippen molar-refractivity contribution in [3.8, 4) is 0 Å². The number of pyridine rings is 1. The highest BCUT2D eigenvalue weighted by molar-refractivity contribution is 5.71. The molecule has 0 atom stereocenters. The monoisotopic (exact) mass is 354 g/mol. The van der Waals surface area contributed by atoms with Crippen molar-refractivity contribution in [1.82, 2.24) is 19.4 Å². The van der Waals surface area contributed by atoms with Gasteiger partial charge < -0.3 is 9.30 Å². The van der Waals surface area contributed by atoms with Gasteiger partial charge in [0.2, 0.25) is 0 Å². The molecule has 4 rings (SSSR count). The van der Waals surface area contributed by atoms with Gasteiger partial charge in [-0.15, -0.1) is 0 Å². The average molecular weight is 354 g/mol. The van der Waals surface area contributed by atoms with E-state index < -0.39 is 0 Å². The van der Waals surface area contributed by atoms with Crippen LogP contribution in [0.4, 0.5) is 4.39 Å². The van der Waals surface area contributed by atoms with Gasteiger partial charge in [0.1, 0.15) is 23.8 Å². The minimum absolute atomic E-state index is 0.123. The maximum Gasteiger partial charge on any atom is 0.160 e. The maximum atomic E-state index is 13.9. The Bertz CT molecular complexity index is 886. The molecule has 3 heterocycles. The molecule has 3 aromatic rings. The molecule has 0 unspecified atom stereocenters. The summed E-state index contributed by atoms with van der Waals surface area (Å²) in [5.41, 5.74) is 2.60. The molecule has 0 N–H and O–H groups in total. The Hall–Kier alpha value is -2.31. The van der Waals surface area contributed by atoms with E-state index in [9.17, 15) is 4.39 Å². The van der Waals surface area contributed by atoms with Crippen LogP contribution < -0.4 is 0 Å². The third kappa shape index (κ3) is 3.34. The van der Waals surface area contributed by atoms with Crippen molar-refractivity contribution in [3.05, 3.63) is 59.8 Å². The normalized spacial score (nSPS) is 16.4. The number of benzene rings is 1. The number of aromatic nitrogens is 3. The molecule has 1 saturated heterocycles. The van der Waals surface area contributed by atoms with Crippen molar-refractivity contribution in [2.24, 2.45) is 0 Å². The fourth-order valence-electron chi connectivity index (χ4n) is 3.79. The van der Waals surface area contributed by atoms with Crippen LogP contribution in [0.1, 0.15) is 30.3 Å². The fourth-order valence-corrected chi connectivity index (χ4v) is 3.79. The van der Waals surface area contributed by atoms with Crippen LogP contribution in [0, 0.1) is 5.82 Å². The zero-order valence-electron chi connectivity index (χ0n) is 14.9. The fraction of sp³-hybridized carbons (Fsp3) is 0.400. The lowest BCUT2D eigenvalue weighted by Gasteiger charge is -2.33. The van der Waals surface area contributed by atoms with Gasteiger partial charge in [0.15, 0.2) is 5.65 Å². The van der Waals surface area contributed by atoms with Crippen molar-refractivity contribution in [2.45, 2.75) is 32.0 Å². The predicted octanol–water partition coefficient (Wildman–Crippen LogP) is 3.55. The van der Waals surface area contributed by atoms with E-state index in [1.54, 1.807) is 13.2 Å². The Morgan fingerprint density at radius 2 is 1.96 bits per heavy atom. The first-order valence-corrected chi connectivity index (χ1v) is 9.03. The zero-order valence-corrected chi connectivity index (χ0v) is 14.9. The topological polar surface area (TPSA) is 43.2 Å². The van der Waals surface area contributed by atoms with Gasteiger partial charge in [-0.3, -0.25) is 4.90 Å². The van der Waals surface area contributed by atoms with E-state index in [4.69, 9.17) is 4.74 Å². The van der Waals surface area contributed by atoms with Gasteiger partial charge >= 0.3 is 0 Å². The third-order valence-corrected chi connectivity index (χ3v) is 5.07. The first-order valence-electron chi connectivity index (χ1n) is 9.03. The highest BCUT2D eigenvalue weighted by Crippen LogP contribution is 2.29. The minimum Gasteiger partial charge on any atom is -0.377 e. The van der Waals surface area contributed by atoms with Crippen molar-refractivity contribution < 1.29 is 9.13 Å². The molecule has 0 bridgehead atoms. The van der Waals surface area contributed by atoms with Crippen LogP contribution in [0.25, 0.3) is 11.2 Å². The van der Waals surface area contributed by atoms with Gasteiger partial charge in [0.05, 0.1) is 0 Å². The maximum absolute atomic E-state index is 13.9. The Morgan fingerprint density at radius 3 is 2.73 bits per heavy atom. The molecule has 136 valence electrons. The molecule has 0 saturated carbocycles. The molecule has 1 aromatic carbocycles. The number of halogens is 1. The minimum atomic E-state index is -0.123. The quantitative estimate of drug-likeness (QED) is 0.703. The van der Waals surface area contributed by atoms with E-state index in [0.717, 1.165) is 48.5 Å². The van der Waals surface area contributed by atoms with Crippen LogP contribution >= 0.6 is 0 Å². The van der Waals surface area contributed by atoms with Gasteiger partial charge in [-0.2, -0.15) is 0 Å². The zero-order chi connectivity index (χ0) is 17.9. The summed E-state index contributed by atoms with van der Waals surface area (Å²) >= 11 is 0. The van der Waals surface area contributed by atoms with E-state index in [1.807, 2.05) is 30.5 Å². The van der Waals surface area contributed by atoms with Gasteiger partial charge in [-0.25, -0.2) is 14.4 Å². The van der Waals surface area contributed by atoms with Gasteiger partial charge in [0, 0.05) is 44.5 Å². The number of hydrogen-bond acceptors (Lipinski definition) is 4. The molecule has 0 amide bonds. The van der Waals surface area contributed by atoms with Crippen LogP contribution in [-0.2, 0) is 17.9 Å². The van der Waals surface area contributed by atoms with E-state index in [2.05, 4.69) is 19.4 Å². The van der Waals surface area contributed by atoms with Crippen LogP contribution in [-0.4, -0.2) is 39.6 Å². The molecule has 26 heavy (non-hydrogen) atoms. The Kier molecular flexibility index (Phi) is 4.95. The lowest BCUT2D eigenvalue weighted by Crippen LogP contribution is -2.35. The smallest absolute Gasteiger partial charge is 0.160 e. The van der Waals surface area contributed by atoms with Crippen molar-refractivity contribution in [3.63, 3.8) is 0 Å². The molecular weight excluding hydrogens is 331 g/mol. The molecule has 2 aromatic heterocycles. The summed E-state index contributed by atoms with van der Waals surface area (Å²) in [6, 6.07) is 11.3. The SMILES string of the molecule is COCc1nc2cccnc2n1C1CCN(Cc2ccccc2F)CC1. The van der Waals surface area contributed by atoms with Crippen molar-refractivity contribution >= 4 is 11.2 Å². The van der Waals surface area contributed by atoms with Crippen LogP contribution in [0.15, 0.2) is 42.6 Å². The van der Waals surface area contributed by atoms with Gasteiger partial charge in [0.25, 0.3) is 0 Å². The number of hydrogen-bond donors (Lipinski definition) is 0. The van der Waals surface area contributed by atoms with Crippen molar-refractivity contribution in [1.29, 1.82) is 0 Å². The number of rotatable bonds is 5. The Morgan fingerprint density at radius 1 is 1.15 bits per heavy atom. The van der Waals surface area contributed by atoms with Gasteiger partial charge in [-0.05, 0) is 31.0 Å². The van der Waals surface area contributed by atoms with Crippen LogP contribution in [0.2, 0.25) is 0 Å². The molecular formula is C20H23FN4O. The predicted molar refractivity (Wildman–Crippen MR) is 98.2 cm³/mol. The summed E-state index contributed by atoms with van der Waals surface area (Å²) in [6.45, 7) is 2.99. The van der Waals surface area contributed by atoms with E-state index in [1.165, 1.54) is 6.07 Å². The number of nitrogens with zero attached hydrogens (tertiary/aromatic N) is 4. The lowest BCUT2D eigenvalue weighted by atomic mass is 10.0. The van der Waals surface area contributed by atoms with E-state index >= 15 is 0 Å². The summed E-state index contributed by atoms with van der Waals surface area (Å²) in [5, 5.41) is 0. The number of imidazole rings is 1. The molecule has 0 spiro atoms. The summed E-state index contributed by atoms with van der Waals surface area (Å²) in [7, 11) is 1.69. The number of likely N-dealkylation sites (tertiary alicyclic amines) is 1. The Balaban J connectivity index is 1.50. The molecule has 1 aliphatic rings. The number of piperidine rings is 1. The second-order valence-electron chi connectivity index (χ2n) is 6.78. The number of ether oxygens (including phenoxy) is 1. The number of fused-ring (bicyclic) bond motifs is 1. The summed E-state index contributed by atoms with van der Waals surface area (Å²) in [4.78, 5) is 11.5. The molecule has 1 aliphatic heterocycles. The third-order valence-electron chi connectivity index (χ3n) is 5.07.